The van der Waals surface area contributed by atoms with Crippen LogP contribution in [0.2, 0.25) is 0 Å². The zero-order chi connectivity index (χ0) is 17.4. The molecule has 124 valence electrons. The highest BCUT2D eigenvalue weighted by atomic mass is 16.3. The van der Waals surface area contributed by atoms with Gasteiger partial charge in [-0.15, -0.1) is 0 Å². The molecule has 25 heavy (non-hydrogen) atoms. The van der Waals surface area contributed by atoms with Crippen LogP contribution in [0, 0.1) is 6.92 Å². The van der Waals surface area contributed by atoms with E-state index in [2.05, 4.69) is 5.32 Å². The second kappa shape index (κ2) is 5.98. The minimum atomic E-state index is -0.154. The van der Waals surface area contributed by atoms with E-state index in [9.17, 15) is 9.90 Å². The van der Waals surface area contributed by atoms with Gasteiger partial charge in [-0.05, 0) is 41.5 Å². The van der Waals surface area contributed by atoms with E-state index in [1.165, 1.54) is 0 Å². The standard InChI is InChI=1S/C21H17NO3/c1-13-20(18-7-2-3-8-19(18)25-13)21(24)22-12-15-6-4-5-14-11-16(23)9-10-17(14)15/h2-11,23H,12H2,1H3,(H,22,24). The molecule has 1 heterocycles. The fourth-order valence-corrected chi connectivity index (χ4v) is 3.21. The predicted molar refractivity (Wildman–Crippen MR) is 97.7 cm³/mol. The van der Waals surface area contributed by atoms with Crippen molar-refractivity contribution in [3.63, 3.8) is 0 Å². The molecule has 4 aromatic rings. The van der Waals surface area contributed by atoms with Crippen LogP contribution in [0.5, 0.6) is 5.75 Å². The molecular formula is C21H17NO3. The van der Waals surface area contributed by atoms with Crippen molar-refractivity contribution in [2.24, 2.45) is 0 Å². The van der Waals surface area contributed by atoms with Gasteiger partial charge in [0.2, 0.25) is 0 Å². The van der Waals surface area contributed by atoms with Crippen molar-refractivity contribution in [1.82, 2.24) is 5.32 Å². The molecule has 0 aliphatic carbocycles. The van der Waals surface area contributed by atoms with Gasteiger partial charge in [0.1, 0.15) is 17.1 Å². The lowest BCUT2D eigenvalue weighted by Crippen LogP contribution is -2.23. The number of carbonyl (C=O) groups excluding carboxylic acids is 1. The lowest BCUT2D eigenvalue weighted by atomic mass is 10.0. The molecule has 4 nitrogen and oxygen atoms in total. The van der Waals surface area contributed by atoms with Crippen LogP contribution in [-0.4, -0.2) is 11.0 Å². The molecule has 4 heteroatoms. The molecule has 0 unspecified atom stereocenters. The molecule has 1 amide bonds. The number of hydrogen-bond donors (Lipinski definition) is 2. The van der Waals surface area contributed by atoms with Crippen molar-refractivity contribution < 1.29 is 14.3 Å². The van der Waals surface area contributed by atoms with Gasteiger partial charge in [-0.2, -0.15) is 0 Å². The monoisotopic (exact) mass is 331 g/mol. The van der Waals surface area contributed by atoms with Gasteiger partial charge in [-0.25, -0.2) is 0 Å². The summed E-state index contributed by atoms with van der Waals surface area (Å²) >= 11 is 0. The number of amides is 1. The number of rotatable bonds is 3. The maximum atomic E-state index is 12.7. The van der Waals surface area contributed by atoms with Gasteiger partial charge in [0, 0.05) is 11.9 Å². The van der Waals surface area contributed by atoms with Crippen molar-refractivity contribution in [1.29, 1.82) is 0 Å². The van der Waals surface area contributed by atoms with E-state index in [-0.39, 0.29) is 11.7 Å². The molecule has 4 rings (SSSR count). The Morgan fingerprint density at radius 2 is 1.88 bits per heavy atom. The van der Waals surface area contributed by atoms with Gasteiger partial charge in [0.05, 0.1) is 5.56 Å². The number of aryl methyl sites for hydroxylation is 1. The second-order valence-corrected chi connectivity index (χ2v) is 6.03. The Balaban J connectivity index is 1.63. The lowest BCUT2D eigenvalue weighted by Gasteiger charge is -2.09. The number of furan rings is 1. The first-order valence-corrected chi connectivity index (χ1v) is 8.10. The van der Waals surface area contributed by atoms with Crippen LogP contribution in [0.4, 0.5) is 0 Å². The first kappa shape index (κ1) is 15.3. The van der Waals surface area contributed by atoms with Gasteiger partial charge in [-0.3, -0.25) is 4.79 Å². The summed E-state index contributed by atoms with van der Waals surface area (Å²) in [6.07, 6.45) is 0. The fourth-order valence-electron chi connectivity index (χ4n) is 3.21. The van der Waals surface area contributed by atoms with Gasteiger partial charge in [-0.1, -0.05) is 42.5 Å². The third-order valence-corrected chi connectivity index (χ3v) is 4.39. The van der Waals surface area contributed by atoms with Crippen molar-refractivity contribution in [3.8, 4) is 5.75 Å². The zero-order valence-corrected chi connectivity index (χ0v) is 13.7. The highest BCUT2D eigenvalue weighted by Gasteiger charge is 2.17. The summed E-state index contributed by atoms with van der Waals surface area (Å²) in [7, 11) is 0. The second-order valence-electron chi connectivity index (χ2n) is 6.03. The quantitative estimate of drug-likeness (QED) is 0.580. The molecule has 0 aliphatic rings. The molecule has 0 aliphatic heterocycles. The van der Waals surface area contributed by atoms with Crippen LogP contribution in [0.15, 0.2) is 65.1 Å². The summed E-state index contributed by atoms with van der Waals surface area (Å²) in [5.74, 6) is 0.689. The molecule has 1 aromatic heterocycles. The van der Waals surface area contributed by atoms with E-state index in [0.29, 0.717) is 23.5 Å². The van der Waals surface area contributed by atoms with E-state index < -0.39 is 0 Å². The number of phenols is 1. The molecule has 0 saturated carbocycles. The SMILES string of the molecule is Cc1oc2ccccc2c1C(=O)NCc1cccc2cc(O)ccc12. The molecule has 3 aromatic carbocycles. The number of hydrogen-bond acceptors (Lipinski definition) is 3. The van der Waals surface area contributed by atoms with Gasteiger partial charge in [0.15, 0.2) is 0 Å². The van der Waals surface area contributed by atoms with E-state index in [0.717, 1.165) is 21.7 Å². The number of benzene rings is 3. The molecule has 0 spiro atoms. The van der Waals surface area contributed by atoms with Crippen molar-refractivity contribution >= 4 is 27.6 Å². The summed E-state index contributed by atoms with van der Waals surface area (Å²) in [6.45, 7) is 2.20. The molecule has 0 fully saturated rings. The Morgan fingerprint density at radius 1 is 1.04 bits per heavy atom. The predicted octanol–water partition coefficient (Wildman–Crippen LogP) is 4.53. The van der Waals surface area contributed by atoms with Crippen molar-refractivity contribution in [2.45, 2.75) is 13.5 Å². The van der Waals surface area contributed by atoms with Crippen molar-refractivity contribution in [3.05, 3.63) is 77.6 Å². The van der Waals surface area contributed by atoms with Crippen LogP contribution in [0.3, 0.4) is 0 Å². The molecule has 2 N–H and O–H groups in total. The van der Waals surface area contributed by atoms with Crippen LogP contribution in [0.25, 0.3) is 21.7 Å². The Morgan fingerprint density at radius 3 is 2.76 bits per heavy atom. The largest absolute Gasteiger partial charge is 0.508 e. The number of nitrogens with one attached hydrogen (secondary N) is 1. The molecule has 0 saturated heterocycles. The summed E-state index contributed by atoms with van der Waals surface area (Å²) in [5.41, 5.74) is 2.29. The summed E-state index contributed by atoms with van der Waals surface area (Å²) in [6, 6.07) is 18.6. The minimum absolute atomic E-state index is 0.154. The highest BCUT2D eigenvalue weighted by molar-refractivity contribution is 6.07. The summed E-state index contributed by atoms with van der Waals surface area (Å²) in [4.78, 5) is 12.7. The summed E-state index contributed by atoms with van der Waals surface area (Å²) in [5, 5.41) is 15.4. The minimum Gasteiger partial charge on any atom is -0.508 e. The van der Waals surface area contributed by atoms with E-state index >= 15 is 0 Å². The maximum Gasteiger partial charge on any atom is 0.255 e. The molecule has 0 radical (unpaired) electrons. The molecular weight excluding hydrogens is 314 g/mol. The fraction of sp³-hybridized carbons (Fsp3) is 0.0952. The van der Waals surface area contributed by atoms with Gasteiger partial charge < -0.3 is 14.8 Å². The van der Waals surface area contributed by atoms with Crippen LogP contribution >= 0.6 is 0 Å². The van der Waals surface area contributed by atoms with Crippen LogP contribution in [-0.2, 0) is 6.54 Å². The van der Waals surface area contributed by atoms with Crippen molar-refractivity contribution in [2.75, 3.05) is 0 Å². The average molecular weight is 331 g/mol. The third-order valence-electron chi connectivity index (χ3n) is 4.39. The molecule has 0 atom stereocenters. The number of phenolic OH excluding ortho intramolecular Hbond substituents is 1. The number of fused-ring (bicyclic) bond motifs is 2. The lowest BCUT2D eigenvalue weighted by molar-refractivity contribution is 0.0951. The number of carbonyl (C=O) groups is 1. The normalized spacial score (nSPS) is 11.1. The highest BCUT2D eigenvalue weighted by Crippen LogP contribution is 2.26. The van der Waals surface area contributed by atoms with Gasteiger partial charge in [0.25, 0.3) is 5.91 Å². The zero-order valence-electron chi connectivity index (χ0n) is 13.7. The van der Waals surface area contributed by atoms with Crippen LogP contribution < -0.4 is 5.32 Å². The number of aromatic hydroxyl groups is 1. The number of para-hydroxylation sites is 1. The Labute approximate surface area is 144 Å². The molecule has 0 bridgehead atoms. The first-order chi connectivity index (χ1) is 12.1. The average Bonchev–Trinajstić information content (AvgIpc) is 2.95. The van der Waals surface area contributed by atoms with E-state index in [4.69, 9.17) is 4.42 Å². The summed E-state index contributed by atoms with van der Waals surface area (Å²) < 4.78 is 5.67. The van der Waals surface area contributed by atoms with Gasteiger partial charge >= 0.3 is 0 Å². The third kappa shape index (κ3) is 2.72. The maximum absolute atomic E-state index is 12.7. The topological polar surface area (TPSA) is 62.5 Å². The Hall–Kier alpha value is -3.27. The first-order valence-electron chi connectivity index (χ1n) is 8.10. The smallest absolute Gasteiger partial charge is 0.255 e. The van der Waals surface area contributed by atoms with E-state index in [1.807, 2.05) is 48.5 Å². The Kier molecular flexibility index (Phi) is 3.65. The Bertz CT molecular complexity index is 1090. The van der Waals surface area contributed by atoms with E-state index in [1.54, 1.807) is 19.1 Å². The van der Waals surface area contributed by atoms with Crippen LogP contribution in [0.1, 0.15) is 21.7 Å².